The van der Waals surface area contributed by atoms with E-state index in [0.717, 1.165) is 4.88 Å². The van der Waals surface area contributed by atoms with Gasteiger partial charge in [0.25, 0.3) is 0 Å². The number of benzene rings is 1. The van der Waals surface area contributed by atoms with Crippen molar-refractivity contribution >= 4 is 45.6 Å². The molecule has 2 aromatic rings. The Morgan fingerprint density at radius 3 is 2.07 bits per heavy atom. The number of rotatable bonds is 6. The van der Waals surface area contributed by atoms with Gasteiger partial charge in [0.15, 0.2) is 6.10 Å². The van der Waals surface area contributed by atoms with Crippen molar-refractivity contribution in [2.75, 3.05) is 10.6 Å². The lowest BCUT2D eigenvalue weighted by atomic mass is 10.1. The standard InChI is InChI=1S/C20H22N2O5S/c1-10-12(3)28-19(22-14(5)24)17(10)20(26)27-11(2)18(25)15-6-8-16(9-7-15)21-13(4)23/h6-9,11H,1-5H3,(H,21,23)(H,22,24)/t11-/m1/s1. The molecular formula is C20H22N2O5S. The molecule has 0 saturated carbocycles. The van der Waals surface area contributed by atoms with E-state index in [1.165, 1.54) is 32.1 Å². The minimum atomic E-state index is -1.01. The molecule has 2 amide bonds. The Morgan fingerprint density at radius 2 is 1.54 bits per heavy atom. The molecule has 2 rings (SSSR count). The van der Waals surface area contributed by atoms with Crippen molar-refractivity contribution in [2.45, 2.75) is 40.7 Å². The topological polar surface area (TPSA) is 102 Å². The first-order chi connectivity index (χ1) is 13.1. The fourth-order valence-electron chi connectivity index (χ4n) is 2.55. The third-order valence-corrected chi connectivity index (χ3v) is 5.14. The number of thiophene rings is 1. The summed E-state index contributed by atoms with van der Waals surface area (Å²) in [5.41, 5.74) is 1.89. The van der Waals surface area contributed by atoms with Gasteiger partial charge in [0, 0.05) is 30.0 Å². The molecule has 0 radical (unpaired) electrons. The SMILES string of the molecule is CC(=O)Nc1ccc(C(=O)[C@@H](C)OC(=O)c2c(NC(C)=O)sc(C)c2C)cc1. The quantitative estimate of drug-likeness (QED) is 0.566. The summed E-state index contributed by atoms with van der Waals surface area (Å²) in [5.74, 6) is -1.54. The van der Waals surface area contributed by atoms with Gasteiger partial charge >= 0.3 is 5.97 Å². The van der Waals surface area contributed by atoms with Gasteiger partial charge in [-0.25, -0.2) is 4.79 Å². The van der Waals surface area contributed by atoms with Crippen LogP contribution in [0.5, 0.6) is 0 Å². The molecule has 1 heterocycles. The zero-order valence-corrected chi connectivity index (χ0v) is 17.2. The molecule has 1 atom stereocenters. The van der Waals surface area contributed by atoms with Gasteiger partial charge in [-0.1, -0.05) is 0 Å². The summed E-state index contributed by atoms with van der Waals surface area (Å²) in [5, 5.41) is 5.66. The van der Waals surface area contributed by atoms with Gasteiger partial charge in [-0.15, -0.1) is 11.3 Å². The highest BCUT2D eigenvalue weighted by Gasteiger charge is 2.26. The van der Waals surface area contributed by atoms with Gasteiger partial charge in [-0.05, 0) is 50.6 Å². The zero-order valence-electron chi connectivity index (χ0n) is 16.3. The number of esters is 1. The number of carbonyl (C=O) groups is 4. The van der Waals surface area contributed by atoms with Crippen LogP contribution in [0.3, 0.4) is 0 Å². The molecule has 0 fully saturated rings. The normalized spacial score (nSPS) is 11.5. The maximum absolute atomic E-state index is 12.6. The Balaban J connectivity index is 2.15. The third-order valence-electron chi connectivity index (χ3n) is 4.02. The Hall–Kier alpha value is -3.00. The summed E-state index contributed by atoms with van der Waals surface area (Å²) < 4.78 is 5.36. The number of hydrogen-bond donors (Lipinski definition) is 2. The van der Waals surface area contributed by atoms with E-state index < -0.39 is 12.1 Å². The number of ketones is 1. The van der Waals surface area contributed by atoms with Gasteiger partial charge in [0.1, 0.15) is 5.00 Å². The summed E-state index contributed by atoms with van der Waals surface area (Å²) in [7, 11) is 0. The molecule has 2 N–H and O–H groups in total. The van der Waals surface area contributed by atoms with E-state index >= 15 is 0 Å². The van der Waals surface area contributed by atoms with Gasteiger partial charge in [0.05, 0.1) is 5.56 Å². The first-order valence-corrected chi connectivity index (χ1v) is 9.42. The monoisotopic (exact) mass is 402 g/mol. The summed E-state index contributed by atoms with van der Waals surface area (Å²) in [6.45, 7) is 7.85. The van der Waals surface area contributed by atoms with Crippen LogP contribution >= 0.6 is 11.3 Å². The van der Waals surface area contributed by atoms with Crippen LogP contribution < -0.4 is 10.6 Å². The van der Waals surface area contributed by atoms with E-state index in [9.17, 15) is 19.2 Å². The predicted octanol–water partition coefficient (Wildman–Crippen LogP) is 3.71. The second kappa shape index (κ2) is 8.79. The molecule has 0 spiro atoms. The van der Waals surface area contributed by atoms with Gasteiger partial charge in [0.2, 0.25) is 17.6 Å². The molecule has 7 nitrogen and oxygen atoms in total. The van der Waals surface area contributed by atoms with Crippen molar-refractivity contribution in [3.8, 4) is 0 Å². The van der Waals surface area contributed by atoms with Crippen LogP contribution in [0.4, 0.5) is 10.7 Å². The number of amides is 2. The summed E-state index contributed by atoms with van der Waals surface area (Å²) >= 11 is 1.28. The molecule has 8 heteroatoms. The summed E-state index contributed by atoms with van der Waals surface area (Å²) in [6.07, 6.45) is -1.01. The van der Waals surface area contributed by atoms with Crippen molar-refractivity contribution < 1.29 is 23.9 Å². The first kappa shape index (κ1) is 21.3. The van der Waals surface area contributed by atoms with E-state index in [-0.39, 0.29) is 23.2 Å². The first-order valence-electron chi connectivity index (χ1n) is 8.60. The lowest BCUT2D eigenvalue weighted by molar-refractivity contribution is -0.115. The minimum absolute atomic E-state index is 0.210. The van der Waals surface area contributed by atoms with Gasteiger partial charge < -0.3 is 15.4 Å². The average Bonchev–Trinajstić information content (AvgIpc) is 2.87. The Morgan fingerprint density at radius 1 is 0.964 bits per heavy atom. The van der Waals surface area contributed by atoms with Crippen LogP contribution in [0, 0.1) is 13.8 Å². The lowest BCUT2D eigenvalue weighted by Crippen LogP contribution is -2.25. The Bertz CT molecular complexity index is 931. The van der Waals surface area contributed by atoms with Crippen molar-refractivity contribution in [2.24, 2.45) is 0 Å². The summed E-state index contributed by atoms with van der Waals surface area (Å²) in [4.78, 5) is 48.5. The van der Waals surface area contributed by atoms with Crippen molar-refractivity contribution in [1.29, 1.82) is 0 Å². The molecule has 0 saturated heterocycles. The lowest BCUT2D eigenvalue weighted by Gasteiger charge is -2.14. The van der Waals surface area contributed by atoms with Gasteiger partial charge in [-0.2, -0.15) is 0 Å². The number of hydrogen-bond acceptors (Lipinski definition) is 6. The molecule has 0 aliphatic rings. The number of anilines is 2. The Kier molecular flexibility index (Phi) is 6.69. The molecule has 28 heavy (non-hydrogen) atoms. The Labute approximate surface area is 167 Å². The maximum Gasteiger partial charge on any atom is 0.342 e. The van der Waals surface area contributed by atoms with Crippen molar-refractivity contribution in [1.82, 2.24) is 0 Å². The van der Waals surface area contributed by atoms with Crippen LogP contribution in [-0.2, 0) is 14.3 Å². The predicted molar refractivity (Wildman–Crippen MR) is 108 cm³/mol. The molecule has 0 aliphatic heterocycles. The smallest absolute Gasteiger partial charge is 0.342 e. The second-order valence-corrected chi connectivity index (χ2v) is 7.56. The van der Waals surface area contributed by atoms with E-state index in [2.05, 4.69) is 10.6 Å². The van der Waals surface area contributed by atoms with Crippen LogP contribution in [0.2, 0.25) is 0 Å². The van der Waals surface area contributed by atoms with Crippen LogP contribution in [0.15, 0.2) is 24.3 Å². The molecule has 0 unspecified atom stereocenters. The fraction of sp³-hybridized carbons (Fsp3) is 0.300. The minimum Gasteiger partial charge on any atom is -0.451 e. The van der Waals surface area contributed by atoms with Crippen LogP contribution in [0.1, 0.15) is 51.9 Å². The van der Waals surface area contributed by atoms with E-state index in [0.29, 0.717) is 21.8 Å². The van der Waals surface area contributed by atoms with Crippen LogP contribution in [0.25, 0.3) is 0 Å². The highest BCUT2D eigenvalue weighted by molar-refractivity contribution is 7.16. The highest BCUT2D eigenvalue weighted by atomic mass is 32.1. The maximum atomic E-state index is 12.6. The number of aryl methyl sites for hydroxylation is 1. The van der Waals surface area contributed by atoms with E-state index in [4.69, 9.17) is 4.74 Å². The number of carbonyl (C=O) groups excluding carboxylic acids is 4. The summed E-state index contributed by atoms with van der Waals surface area (Å²) in [6, 6.07) is 6.32. The molecule has 1 aromatic heterocycles. The average molecular weight is 402 g/mol. The largest absolute Gasteiger partial charge is 0.451 e. The van der Waals surface area contributed by atoms with Crippen molar-refractivity contribution in [3.05, 3.63) is 45.8 Å². The second-order valence-electron chi connectivity index (χ2n) is 6.34. The third kappa shape index (κ3) is 5.04. The molecule has 0 bridgehead atoms. The zero-order chi connectivity index (χ0) is 21.0. The number of nitrogens with one attached hydrogen (secondary N) is 2. The highest BCUT2D eigenvalue weighted by Crippen LogP contribution is 2.33. The molecule has 0 aliphatic carbocycles. The number of Topliss-reactive ketones (excluding diaryl/α,β-unsaturated/α-hetero) is 1. The van der Waals surface area contributed by atoms with E-state index in [1.54, 1.807) is 31.2 Å². The van der Waals surface area contributed by atoms with E-state index in [1.807, 2.05) is 6.92 Å². The van der Waals surface area contributed by atoms with Crippen molar-refractivity contribution in [3.63, 3.8) is 0 Å². The molecule has 148 valence electrons. The fourth-order valence-corrected chi connectivity index (χ4v) is 3.64. The number of ether oxygens (including phenoxy) is 1. The molecular weight excluding hydrogens is 380 g/mol. The van der Waals surface area contributed by atoms with Gasteiger partial charge in [-0.3, -0.25) is 14.4 Å². The van der Waals surface area contributed by atoms with Crippen LogP contribution in [-0.4, -0.2) is 29.7 Å². The molecule has 1 aromatic carbocycles.